The Morgan fingerprint density at radius 1 is 1.11 bits per heavy atom. The molecular formula is C19H23ClN2O4S2. The fourth-order valence-corrected chi connectivity index (χ4v) is 4.29. The van der Waals surface area contributed by atoms with Crippen LogP contribution in [0.25, 0.3) is 0 Å². The van der Waals surface area contributed by atoms with Gasteiger partial charge in [0.05, 0.1) is 4.90 Å². The molecule has 0 aliphatic heterocycles. The number of carbonyl (C=O) groups excluding carboxylic acids is 1. The number of benzene rings is 2. The molecule has 0 atom stereocenters. The Labute approximate surface area is 175 Å². The van der Waals surface area contributed by atoms with Gasteiger partial charge in [-0.1, -0.05) is 11.6 Å². The van der Waals surface area contributed by atoms with Gasteiger partial charge in [-0.3, -0.25) is 4.79 Å². The number of amides is 1. The Balaban J connectivity index is 1.79. The van der Waals surface area contributed by atoms with E-state index in [1.54, 1.807) is 31.0 Å². The van der Waals surface area contributed by atoms with Crippen molar-refractivity contribution in [2.75, 3.05) is 31.3 Å². The third-order valence-electron chi connectivity index (χ3n) is 3.68. The maximum Gasteiger partial charge on any atom is 0.240 e. The molecule has 0 heterocycles. The minimum Gasteiger partial charge on any atom is -0.385 e. The van der Waals surface area contributed by atoms with Crippen molar-refractivity contribution in [1.29, 1.82) is 0 Å². The van der Waals surface area contributed by atoms with Gasteiger partial charge in [0, 0.05) is 48.0 Å². The fraction of sp³-hybridized carbons (Fsp3) is 0.316. The van der Waals surface area contributed by atoms with E-state index >= 15 is 0 Å². The summed E-state index contributed by atoms with van der Waals surface area (Å²) in [5.41, 5.74) is 0.555. The molecule has 2 aromatic carbocycles. The van der Waals surface area contributed by atoms with E-state index in [0.717, 1.165) is 4.90 Å². The van der Waals surface area contributed by atoms with E-state index in [1.807, 2.05) is 24.3 Å². The molecule has 28 heavy (non-hydrogen) atoms. The van der Waals surface area contributed by atoms with Crippen LogP contribution in [0.2, 0.25) is 5.02 Å². The van der Waals surface area contributed by atoms with E-state index in [1.165, 1.54) is 12.1 Å². The number of carbonyl (C=O) groups is 1. The van der Waals surface area contributed by atoms with Crippen LogP contribution in [-0.4, -0.2) is 40.3 Å². The molecule has 0 radical (unpaired) electrons. The van der Waals surface area contributed by atoms with Gasteiger partial charge in [0.2, 0.25) is 15.9 Å². The van der Waals surface area contributed by atoms with Gasteiger partial charge in [0.25, 0.3) is 0 Å². The van der Waals surface area contributed by atoms with Crippen molar-refractivity contribution in [3.8, 4) is 0 Å². The lowest BCUT2D eigenvalue weighted by Gasteiger charge is -2.09. The lowest BCUT2D eigenvalue weighted by molar-refractivity contribution is -0.115. The second-order valence-electron chi connectivity index (χ2n) is 5.87. The summed E-state index contributed by atoms with van der Waals surface area (Å²) >= 11 is 7.41. The number of nitrogens with one attached hydrogen (secondary N) is 2. The SMILES string of the molecule is COCCCNS(=O)(=O)c1ccc(NC(=O)CCSc2ccc(Cl)cc2)cc1. The van der Waals surface area contributed by atoms with Crippen LogP contribution in [0.1, 0.15) is 12.8 Å². The number of methoxy groups -OCH3 is 1. The molecule has 0 aliphatic rings. The first-order valence-electron chi connectivity index (χ1n) is 8.67. The van der Waals surface area contributed by atoms with Crippen LogP contribution < -0.4 is 10.0 Å². The number of sulfonamides is 1. The minimum absolute atomic E-state index is 0.130. The molecule has 2 aromatic rings. The molecule has 0 bridgehead atoms. The highest BCUT2D eigenvalue weighted by atomic mass is 35.5. The van der Waals surface area contributed by atoms with Gasteiger partial charge in [-0.15, -0.1) is 11.8 Å². The van der Waals surface area contributed by atoms with Crippen molar-refractivity contribution in [3.05, 3.63) is 53.6 Å². The first-order chi connectivity index (χ1) is 13.4. The molecule has 0 unspecified atom stereocenters. The average Bonchev–Trinajstić information content (AvgIpc) is 2.67. The molecule has 0 saturated carbocycles. The summed E-state index contributed by atoms with van der Waals surface area (Å²) in [6.07, 6.45) is 0.937. The third kappa shape index (κ3) is 7.81. The molecular weight excluding hydrogens is 420 g/mol. The summed E-state index contributed by atoms with van der Waals surface area (Å²) in [5.74, 6) is 0.500. The molecule has 152 valence electrons. The van der Waals surface area contributed by atoms with E-state index in [2.05, 4.69) is 10.0 Å². The Morgan fingerprint density at radius 2 is 1.79 bits per heavy atom. The van der Waals surface area contributed by atoms with Crippen molar-refractivity contribution >= 4 is 45.0 Å². The number of ether oxygens (including phenoxy) is 1. The molecule has 0 spiro atoms. The second kappa shape index (κ2) is 11.4. The van der Waals surface area contributed by atoms with Crippen molar-refractivity contribution in [1.82, 2.24) is 4.72 Å². The predicted molar refractivity (Wildman–Crippen MR) is 114 cm³/mol. The normalized spacial score (nSPS) is 11.4. The number of rotatable bonds is 11. The number of halogens is 1. The summed E-state index contributed by atoms with van der Waals surface area (Å²) < 4.78 is 31.8. The monoisotopic (exact) mass is 442 g/mol. The van der Waals surface area contributed by atoms with Crippen LogP contribution in [0, 0.1) is 0 Å². The molecule has 0 saturated heterocycles. The van der Waals surface area contributed by atoms with E-state index in [-0.39, 0.29) is 10.8 Å². The van der Waals surface area contributed by atoms with E-state index in [0.29, 0.717) is 42.5 Å². The van der Waals surface area contributed by atoms with E-state index < -0.39 is 10.0 Å². The van der Waals surface area contributed by atoms with Gasteiger partial charge in [-0.2, -0.15) is 0 Å². The van der Waals surface area contributed by atoms with Crippen LogP contribution >= 0.6 is 23.4 Å². The molecule has 1 amide bonds. The number of hydrogen-bond acceptors (Lipinski definition) is 5. The maximum atomic E-state index is 12.2. The summed E-state index contributed by atoms with van der Waals surface area (Å²) in [7, 11) is -2.00. The molecule has 0 fully saturated rings. The molecule has 2 N–H and O–H groups in total. The van der Waals surface area contributed by atoms with Crippen LogP contribution in [0.5, 0.6) is 0 Å². The van der Waals surface area contributed by atoms with Crippen LogP contribution in [0.15, 0.2) is 58.3 Å². The van der Waals surface area contributed by atoms with E-state index in [9.17, 15) is 13.2 Å². The molecule has 9 heteroatoms. The maximum absolute atomic E-state index is 12.2. The summed E-state index contributed by atoms with van der Waals surface area (Å²) in [6.45, 7) is 0.795. The van der Waals surface area contributed by atoms with Gasteiger partial charge in [-0.05, 0) is 55.0 Å². The third-order valence-corrected chi connectivity index (χ3v) is 6.42. The number of thioether (sulfide) groups is 1. The smallest absolute Gasteiger partial charge is 0.240 e. The highest BCUT2D eigenvalue weighted by Gasteiger charge is 2.13. The Hall–Kier alpha value is -1.58. The van der Waals surface area contributed by atoms with Crippen LogP contribution in [-0.2, 0) is 19.6 Å². The van der Waals surface area contributed by atoms with E-state index in [4.69, 9.17) is 16.3 Å². The highest BCUT2D eigenvalue weighted by Crippen LogP contribution is 2.21. The number of hydrogen-bond donors (Lipinski definition) is 2. The zero-order valence-corrected chi connectivity index (χ0v) is 17.9. The predicted octanol–water partition coefficient (Wildman–Crippen LogP) is 3.78. The summed E-state index contributed by atoms with van der Waals surface area (Å²) in [4.78, 5) is 13.3. The van der Waals surface area contributed by atoms with Crippen molar-refractivity contribution < 1.29 is 17.9 Å². The lowest BCUT2D eigenvalue weighted by atomic mass is 10.3. The Kier molecular flexibility index (Phi) is 9.27. The second-order valence-corrected chi connectivity index (χ2v) is 9.24. The van der Waals surface area contributed by atoms with Crippen molar-refractivity contribution in [3.63, 3.8) is 0 Å². The molecule has 2 rings (SSSR count). The summed E-state index contributed by atoms with van der Waals surface area (Å²) in [5, 5.41) is 3.45. The van der Waals surface area contributed by atoms with Gasteiger partial charge >= 0.3 is 0 Å². The standard InChI is InChI=1S/C19H23ClN2O4S2/c1-26-13-2-12-21-28(24,25)18-9-5-16(6-10-18)22-19(23)11-14-27-17-7-3-15(20)4-8-17/h3-10,21H,2,11-14H2,1H3,(H,22,23). The van der Waals surface area contributed by atoms with Crippen molar-refractivity contribution in [2.24, 2.45) is 0 Å². The Bertz CT molecular complexity index is 857. The van der Waals surface area contributed by atoms with Gasteiger partial charge < -0.3 is 10.1 Å². The topological polar surface area (TPSA) is 84.5 Å². The zero-order valence-electron chi connectivity index (χ0n) is 15.5. The minimum atomic E-state index is -3.56. The molecule has 0 aromatic heterocycles. The van der Waals surface area contributed by atoms with Gasteiger partial charge in [0.15, 0.2) is 0 Å². The summed E-state index contributed by atoms with van der Waals surface area (Å²) in [6, 6.07) is 13.5. The average molecular weight is 443 g/mol. The quantitative estimate of drug-likeness (QED) is 0.408. The first-order valence-corrected chi connectivity index (χ1v) is 11.5. The van der Waals surface area contributed by atoms with Gasteiger partial charge in [-0.25, -0.2) is 13.1 Å². The largest absolute Gasteiger partial charge is 0.385 e. The van der Waals surface area contributed by atoms with Crippen molar-refractivity contribution in [2.45, 2.75) is 22.6 Å². The first kappa shape index (κ1) is 22.7. The lowest BCUT2D eigenvalue weighted by Crippen LogP contribution is -2.25. The highest BCUT2D eigenvalue weighted by molar-refractivity contribution is 7.99. The zero-order chi connectivity index (χ0) is 20.4. The van der Waals surface area contributed by atoms with Crippen LogP contribution in [0.4, 0.5) is 5.69 Å². The fourth-order valence-electron chi connectivity index (χ4n) is 2.24. The van der Waals surface area contributed by atoms with Gasteiger partial charge in [0.1, 0.15) is 0 Å². The Morgan fingerprint density at radius 3 is 2.43 bits per heavy atom. The molecule has 6 nitrogen and oxygen atoms in total. The van der Waals surface area contributed by atoms with Crippen LogP contribution in [0.3, 0.4) is 0 Å². The molecule has 0 aliphatic carbocycles. The number of anilines is 1.